The van der Waals surface area contributed by atoms with Crippen LogP contribution in [0.5, 0.6) is 0 Å². The molecule has 3 rings (SSSR count). The summed E-state index contributed by atoms with van der Waals surface area (Å²) in [4.78, 5) is 3.93. The SMILES string of the molecule is Cn1c(N)nc2c(-c3ccc(S(=O)(=O)CCN)c([S+](N)[O-])c3/C(N)=N/NN)cccc21. The van der Waals surface area contributed by atoms with E-state index in [0.29, 0.717) is 16.6 Å². The summed E-state index contributed by atoms with van der Waals surface area (Å²) in [5.41, 5.74) is 21.8. The third-order valence-corrected chi connectivity index (χ3v) is 7.46. The summed E-state index contributed by atoms with van der Waals surface area (Å²) in [7, 11) is -2.14. The second kappa shape index (κ2) is 8.70. The minimum atomic E-state index is -3.90. The zero-order chi connectivity index (χ0) is 22.9. The highest BCUT2D eigenvalue weighted by Gasteiger charge is 2.32. The summed E-state index contributed by atoms with van der Waals surface area (Å²) < 4.78 is 39.8. The first-order valence-electron chi connectivity index (χ1n) is 8.90. The molecular weight excluding hydrogens is 442 g/mol. The Morgan fingerprint density at radius 2 is 2.00 bits per heavy atom. The highest BCUT2D eigenvalue weighted by atomic mass is 32.2. The monoisotopic (exact) mass is 465 g/mol. The van der Waals surface area contributed by atoms with Crippen LogP contribution < -0.4 is 33.7 Å². The second-order valence-electron chi connectivity index (χ2n) is 6.55. The van der Waals surface area contributed by atoms with Crippen molar-refractivity contribution in [3.05, 3.63) is 35.9 Å². The van der Waals surface area contributed by atoms with Crippen molar-refractivity contribution in [1.82, 2.24) is 15.1 Å². The third kappa shape index (κ3) is 4.04. The van der Waals surface area contributed by atoms with E-state index >= 15 is 0 Å². The Balaban J connectivity index is 2.47. The van der Waals surface area contributed by atoms with Gasteiger partial charge in [0.2, 0.25) is 10.8 Å². The van der Waals surface area contributed by atoms with Gasteiger partial charge in [0.25, 0.3) is 0 Å². The molecule has 0 aliphatic carbocycles. The van der Waals surface area contributed by atoms with Crippen LogP contribution in [0.15, 0.2) is 45.2 Å². The van der Waals surface area contributed by atoms with Crippen molar-refractivity contribution in [3.63, 3.8) is 0 Å². The molecule has 14 heteroatoms. The average molecular weight is 466 g/mol. The molecule has 0 aliphatic heterocycles. The van der Waals surface area contributed by atoms with Gasteiger partial charge in [0.15, 0.2) is 15.7 Å². The standard InChI is InChI=1S/C17H23N9O3S2/c1-26-11-4-2-3-10(14(11)23-17(26)20)9-5-6-12(31(28,29)8-7-18)15(30(22)27)13(9)16(19)24-25-21/h2-6,25H,7-8,18,21-22H2,1H3,(H2,19,24)(H2,20,23). The van der Waals surface area contributed by atoms with Crippen molar-refractivity contribution >= 4 is 44.0 Å². The van der Waals surface area contributed by atoms with E-state index < -0.39 is 21.2 Å². The van der Waals surface area contributed by atoms with E-state index in [1.165, 1.54) is 12.1 Å². The van der Waals surface area contributed by atoms with Gasteiger partial charge in [-0.2, -0.15) is 0 Å². The summed E-state index contributed by atoms with van der Waals surface area (Å²) in [5.74, 6) is 4.97. The molecule has 3 aromatic rings. The number of hydrogen-bond acceptors (Lipinski definition) is 10. The molecule has 31 heavy (non-hydrogen) atoms. The quantitative estimate of drug-likeness (QED) is 0.0787. The Morgan fingerprint density at radius 1 is 1.29 bits per heavy atom. The number of fused-ring (bicyclic) bond motifs is 1. The summed E-state index contributed by atoms with van der Waals surface area (Å²) >= 11 is -2.24. The maximum Gasteiger partial charge on any atom is 0.203 e. The number of para-hydroxylation sites is 1. The Kier molecular flexibility index (Phi) is 6.40. The normalized spacial score (nSPS) is 13.5. The number of hydrazone groups is 1. The van der Waals surface area contributed by atoms with E-state index in [2.05, 4.69) is 15.6 Å². The van der Waals surface area contributed by atoms with Crippen molar-refractivity contribution < 1.29 is 13.0 Å². The van der Waals surface area contributed by atoms with Gasteiger partial charge in [-0.1, -0.05) is 18.2 Å². The molecule has 0 saturated carbocycles. The molecule has 12 nitrogen and oxygen atoms in total. The molecule has 0 amide bonds. The summed E-state index contributed by atoms with van der Waals surface area (Å²) in [6.45, 7) is -0.128. The van der Waals surface area contributed by atoms with Crippen LogP contribution in [0.4, 0.5) is 5.95 Å². The molecule has 0 saturated heterocycles. The van der Waals surface area contributed by atoms with Crippen LogP contribution in [0.25, 0.3) is 22.2 Å². The van der Waals surface area contributed by atoms with Crippen LogP contribution in [-0.2, 0) is 28.2 Å². The summed E-state index contributed by atoms with van der Waals surface area (Å²) in [6, 6.07) is 8.18. The number of amidine groups is 1. The first-order valence-corrected chi connectivity index (χ1v) is 11.8. The predicted octanol–water partition coefficient (Wildman–Crippen LogP) is -1.38. The van der Waals surface area contributed by atoms with Gasteiger partial charge in [0.1, 0.15) is 4.90 Å². The third-order valence-electron chi connectivity index (χ3n) is 4.72. The molecule has 11 N–H and O–H groups in total. The van der Waals surface area contributed by atoms with E-state index in [0.717, 1.165) is 5.52 Å². The van der Waals surface area contributed by atoms with E-state index in [-0.39, 0.29) is 39.4 Å². The Labute approximate surface area is 181 Å². The number of imidazole rings is 1. The smallest absolute Gasteiger partial charge is 0.203 e. The first-order chi connectivity index (χ1) is 14.6. The molecular formula is C17H23N9O3S2. The minimum Gasteiger partial charge on any atom is -0.593 e. The molecule has 0 fully saturated rings. The highest BCUT2D eigenvalue weighted by Crippen LogP contribution is 2.36. The fourth-order valence-corrected chi connectivity index (χ4v) is 5.83. The molecule has 0 bridgehead atoms. The lowest BCUT2D eigenvalue weighted by molar-refractivity contribution is 0.583. The number of sulfone groups is 1. The molecule has 0 aliphatic rings. The predicted molar refractivity (Wildman–Crippen MR) is 120 cm³/mol. The van der Waals surface area contributed by atoms with Gasteiger partial charge in [-0.25, -0.2) is 24.8 Å². The van der Waals surface area contributed by atoms with Gasteiger partial charge < -0.3 is 26.3 Å². The fourth-order valence-electron chi connectivity index (χ4n) is 3.33. The number of nitrogens with zero attached hydrogens (tertiary/aromatic N) is 3. The summed E-state index contributed by atoms with van der Waals surface area (Å²) in [5, 5.41) is 9.46. The molecule has 1 heterocycles. The van der Waals surface area contributed by atoms with Crippen LogP contribution in [0.1, 0.15) is 5.56 Å². The van der Waals surface area contributed by atoms with Gasteiger partial charge in [0.05, 0.1) is 33.7 Å². The number of rotatable bonds is 7. The Hall–Kier alpha value is -2.88. The Morgan fingerprint density at radius 3 is 2.61 bits per heavy atom. The van der Waals surface area contributed by atoms with Gasteiger partial charge >= 0.3 is 0 Å². The van der Waals surface area contributed by atoms with Crippen molar-refractivity contribution in [2.75, 3.05) is 18.0 Å². The molecule has 166 valence electrons. The lowest BCUT2D eigenvalue weighted by Gasteiger charge is -2.18. The molecule has 1 aromatic heterocycles. The number of nitrogens with one attached hydrogen (secondary N) is 1. The number of benzene rings is 2. The zero-order valence-corrected chi connectivity index (χ0v) is 18.2. The minimum absolute atomic E-state index is 0.0496. The first kappa shape index (κ1) is 22.8. The lowest BCUT2D eigenvalue weighted by atomic mass is 9.97. The van der Waals surface area contributed by atoms with Gasteiger partial charge in [-0.15, -0.1) is 10.2 Å². The van der Waals surface area contributed by atoms with Gasteiger partial charge in [0, 0.05) is 24.7 Å². The number of aryl methyl sites for hydroxylation is 1. The van der Waals surface area contributed by atoms with E-state index in [4.69, 9.17) is 28.2 Å². The number of aromatic nitrogens is 2. The maximum absolute atomic E-state index is 12.8. The van der Waals surface area contributed by atoms with E-state index in [9.17, 15) is 13.0 Å². The van der Waals surface area contributed by atoms with Crippen LogP contribution in [0.3, 0.4) is 0 Å². The van der Waals surface area contributed by atoms with Crippen molar-refractivity contribution in [2.45, 2.75) is 9.79 Å². The van der Waals surface area contributed by atoms with Gasteiger partial charge in [-0.3, -0.25) is 0 Å². The van der Waals surface area contributed by atoms with E-state index in [1.54, 1.807) is 23.7 Å². The molecule has 0 radical (unpaired) electrons. The van der Waals surface area contributed by atoms with Crippen molar-refractivity contribution in [2.24, 2.45) is 34.6 Å². The number of anilines is 1. The zero-order valence-electron chi connectivity index (χ0n) is 16.6. The summed E-state index contributed by atoms with van der Waals surface area (Å²) in [6.07, 6.45) is 0. The van der Waals surface area contributed by atoms with Crippen LogP contribution in [-0.4, -0.2) is 40.7 Å². The van der Waals surface area contributed by atoms with Crippen molar-refractivity contribution in [1.29, 1.82) is 0 Å². The van der Waals surface area contributed by atoms with Gasteiger partial charge in [-0.05, 0) is 12.1 Å². The average Bonchev–Trinajstić information content (AvgIpc) is 3.01. The molecule has 0 spiro atoms. The number of hydrogen-bond donors (Lipinski definition) is 6. The van der Waals surface area contributed by atoms with Crippen LogP contribution in [0, 0.1) is 0 Å². The van der Waals surface area contributed by atoms with Crippen molar-refractivity contribution in [3.8, 4) is 11.1 Å². The van der Waals surface area contributed by atoms with E-state index in [1.807, 2.05) is 6.07 Å². The lowest BCUT2D eigenvalue weighted by Crippen LogP contribution is -2.29. The number of nitrogens with two attached hydrogens (primary N) is 5. The number of nitrogen functional groups attached to an aromatic ring is 1. The molecule has 2 aromatic carbocycles. The highest BCUT2D eigenvalue weighted by molar-refractivity contribution is 7.93. The molecule has 1 unspecified atom stereocenters. The largest absolute Gasteiger partial charge is 0.593 e. The van der Waals surface area contributed by atoms with Crippen LogP contribution >= 0.6 is 0 Å². The fraction of sp³-hybridized carbons (Fsp3) is 0.176. The number of hydrazine groups is 1. The topological polar surface area (TPSA) is 230 Å². The van der Waals surface area contributed by atoms with Crippen LogP contribution in [0.2, 0.25) is 0 Å². The second-order valence-corrected chi connectivity index (χ2v) is 9.63. The maximum atomic E-state index is 12.8. The molecule has 1 atom stereocenters. The Bertz CT molecular complexity index is 1270.